The maximum absolute atomic E-state index is 9.43. The molecule has 106 valence electrons. The first kappa shape index (κ1) is 13.4. The van der Waals surface area contributed by atoms with E-state index in [-0.39, 0.29) is 10.8 Å². The van der Waals surface area contributed by atoms with E-state index >= 15 is 0 Å². The van der Waals surface area contributed by atoms with Gasteiger partial charge < -0.3 is 14.4 Å². The molecule has 0 saturated heterocycles. The van der Waals surface area contributed by atoms with Crippen LogP contribution >= 0.6 is 11.6 Å². The zero-order valence-corrected chi connectivity index (χ0v) is 11.9. The molecule has 1 aliphatic rings. The van der Waals surface area contributed by atoms with Crippen LogP contribution in [-0.2, 0) is 10.3 Å². The Morgan fingerprint density at radius 3 is 2.75 bits per heavy atom. The van der Waals surface area contributed by atoms with E-state index in [1.807, 2.05) is 0 Å². The summed E-state index contributed by atoms with van der Waals surface area (Å²) in [6.45, 7) is 0. The summed E-state index contributed by atoms with van der Waals surface area (Å²) < 4.78 is 10.9. The number of hydrogen-bond acceptors (Lipinski definition) is 5. The Labute approximate surface area is 121 Å². The highest BCUT2D eigenvalue weighted by atomic mass is 35.5. The van der Waals surface area contributed by atoms with Crippen LogP contribution in [0.15, 0.2) is 22.7 Å². The average Bonchev–Trinajstić information content (AvgIpc) is 3.10. The normalized spacial score (nSPS) is 17.5. The third-order valence-corrected chi connectivity index (χ3v) is 4.13. The largest absolute Gasteiger partial charge is 0.506 e. The number of phenols is 1. The van der Waals surface area contributed by atoms with Crippen LogP contribution in [0.1, 0.15) is 31.5 Å². The molecule has 0 atom stereocenters. The number of phenolic OH excluding ortho intramolecular Hbond substituents is 1. The monoisotopic (exact) mass is 294 g/mol. The molecule has 1 saturated carbocycles. The van der Waals surface area contributed by atoms with Crippen molar-refractivity contribution in [2.75, 3.05) is 7.11 Å². The molecule has 1 fully saturated rings. The smallest absolute Gasteiger partial charge is 0.258 e. The van der Waals surface area contributed by atoms with Gasteiger partial charge in [0.25, 0.3) is 5.89 Å². The van der Waals surface area contributed by atoms with E-state index in [4.69, 9.17) is 20.9 Å². The number of methoxy groups -OCH3 is 1. The fraction of sp³-hybridized carbons (Fsp3) is 0.429. The van der Waals surface area contributed by atoms with E-state index < -0.39 is 5.60 Å². The van der Waals surface area contributed by atoms with Crippen molar-refractivity contribution in [1.82, 2.24) is 10.1 Å². The standard InChI is InChI=1S/C14H15ClN2O3/c1-19-14(6-2-3-7-14)13-16-12(20-17-13)9-4-5-11(18)10(15)8-9/h4-5,8,18H,2-3,6-7H2,1H3. The highest BCUT2D eigenvalue weighted by Gasteiger charge is 2.40. The number of hydrogen-bond donors (Lipinski definition) is 1. The molecule has 6 heteroatoms. The third-order valence-electron chi connectivity index (χ3n) is 3.83. The summed E-state index contributed by atoms with van der Waals surface area (Å²) in [6.07, 6.45) is 4.00. The molecule has 0 bridgehead atoms. The molecule has 0 radical (unpaired) electrons. The first-order valence-electron chi connectivity index (χ1n) is 6.53. The quantitative estimate of drug-likeness (QED) is 0.938. The van der Waals surface area contributed by atoms with E-state index in [2.05, 4.69) is 10.1 Å². The molecule has 1 heterocycles. The van der Waals surface area contributed by atoms with Crippen molar-refractivity contribution in [2.45, 2.75) is 31.3 Å². The van der Waals surface area contributed by atoms with E-state index in [1.165, 1.54) is 6.07 Å². The van der Waals surface area contributed by atoms with Crippen molar-refractivity contribution in [1.29, 1.82) is 0 Å². The SMILES string of the molecule is COC1(c2noc(-c3ccc(O)c(Cl)c3)n2)CCCC1. The topological polar surface area (TPSA) is 68.4 Å². The van der Waals surface area contributed by atoms with Crippen molar-refractivity contribution < 1.29 is 14.4 Å². The molecule has 1 aliphatic carbocycles. The zero-order chi connectivity index (χ0) is 14.2. The molecule has 1 aromatic heterocycles. The van der Waals surface area contributed by atoms with Gasteiger partial charge in [-0.15, -0.1) is 0 Å². The highest BCUT2D eigenvalue weighted by molar-refractivity contribution is 6.32. The minimum absolute atomic E-state index is 0.0271. The van der Waals surface area contributed by atoms with Crippen LogP contribution in [0.2, 0.25) is 5.02 Å². The van der Waals surface area contributed by atoms with Crippen LogP contribution in [0, 0.1) is 0 Å². The Bertz CT molecular complexity index is 621. The zero-order valence-electron chi connectivity index (χ0n) is 11.1. The summed E-state index contributed by atoms with van der Waals surface area (Å²) >= 11 is 5.89. The molecule has 0 aliphatic heterocycles. The summed E-state index contributed by atoms with van der Waals surface area (Å²) in [5, 5.41) is 13.7. The van der Waals surface area contributed by atoms with Gasteiger partial charge in [0.2, 0.25) is 5.82 Å². The Balaban J connectivity index is 1.95. The molecule has 1 N–H and O–H groups in total. The lowest BCUT2D eigenvalue weighted by atomic mass is 10.0. The van der Waals surface area contributed by atoms with Gasteiger partial charge in [0.05, 0.1) is 5.02 Å². The average molecular weight is 295 g/mol. The van der Waals surface area contributed by atoms with Crippen LogP contribution in [0.3, 0.4) is 0 Å². The molecule has 20 heavy (non-hydrogen) atoms. The molecular formula is C14H15ClN2O3. The minimum Gasteiger partial charge on any atom is -0.506 e. The van der Waals surface area contributed by atoms with Crippen LogP contribution in [0.4, 0.5) is 0 Å². The first-order valence-corrected chi connectivity index (χ1v) is 6.91. The number of ether oxygens (including phenoxy) is 1. The van der Waals surface area contributed by atoms with Crippen LogP contribution in [0.5, 0.6) is 5.75 Å². The third kappa shape index (κ3) is 2.17. The molecule has 5 nitrogen and oxygen atoms in total. The lowest BCUT2D eigenvalue weighted by Gasteiger charge is -2.22. The maximum Gasteiger partial charge on any atom is 0.258 e. The number of nitrogens with zero attached hydrogens (tertiary/aromatic N) is 2. The predicted molar refractivity (Wildman–Crippen MR) is 73.6 cm³/mol. The lowest BCUT2D eigenvalue weighted by Crippen LogP contribution is -2.25. The fourth-order valence-corrected chi connectivity index (χ4v) is 2.81. The van der Waals surface area contributed by atoms with E-state index in [9.17, 15) is 5.11 Å². The molecule has 0 spiro atoms. The van der Waals surface area contributed by atoms with E-state index in [0.29, 0.717) is 17.3 Å². The van der Waals surface area contributed by atoms with Gasteiger partial charge in [0, 0.05) is 12.7 Å². The summed E-state index contributed by atoms with van der Waals surface area (Å²) in [4.78, 5) is 4.43. The van der Waals surface area contributed by atoms with Crippen LogP contribution < -0.4 is 0 Å². The van der Waals surface area contributed by atoms with Crippen LogP contribution in [-0.4, -0.2) is 22.4 Å². The molecule has 3 rings (SSSR count). The summed E-state index contributed by atoms with van der Waals surface area (Å²) in [7, 11) is 1.68. The Kier molecular flexibility index (Phi) is 3.40. The van der Waals surface area contributed by atoms with Gasteiger partial charge in [0.1, 0.15) is 11.4 Å². The Morgan fingerprint density at radius 2 is 2.10 bits per heavy atom. The number of benzene rings is 1. The Morgan fingerprint density at radius 1 is 1.35 bits per heavy atom. The van der Waals surface area contributed by atoms with Crippen molar-refractivity contribution in [2.24, 2.45) is 0 Å². The summed E-state index contributed by atoms with van der Waals surface area (Å²) in [6, 6.07) is 4.79. The molecule has 1 aromatic carbocycles. The Hall–Kier alpha value is -1.59. The highest BCUT2D eigenvalue weighted by Crippen LogP contribution is 2.41. The van der Waals surface area contributed by atoms with Crippen molar-refractivity contribution in [3.63, 3.8) is 0 Å². The number of aromatic hydroxyl groups is 1. The summed E-state index contributed by atoms with van der Waals surface area (Å²) in [5.41, 5.74) is 0.249. The fourth-order valence-electron chi connectivity index (χ4n) is 2.63. The van der Waals surface area contributed by atoms with Gasteiger partial charge in [-0.2, -0.15) is 4.98 Å². The van der Waals surface area contributed by atoms with Gasteiger partial charge in [-0.3, -0.25) is 0 Å². The number of halogens is 1. The molecular weight excluding hydrogens is 280 g/mol. The molecule has 0 unspecified atom stereocenters. The molecule has 0 amide bonds. The first-order chi connectivity index (χ1) is 9.64. The van der Waals surface area contributed by atoms with E-state index in [0.717, 1.165) is 25.7 Å². The number of rotatable bonds is 3. The van der Waals surface area contributed by atoms with Gasteiger partial charge in [-0.1, -0.05) is 16.8 Å². The van der Waals surface area contributed by atoms with Crippen LogP contribution in [0.25, 0.3) is 11.5 Å². The van der Waals surface area contributed by atoms with Crippen molar-refractivity contribution in [3.05, 3.63) is 29.0 Å². The number of aromatic nitrogens is 2. The van der Waals surface area contributed by atoms with Gasteiger partial charge in [-0.25, -0.2) is 0 Å². The summed E-state index contributed by atoms with van der Waals surface area (Å²) in [5.74, 6) is 0.987. The van der Waals surface area contributed by atoms with Gasteiger partial charge >= 0.3 is 0 Å². The second kappa shape index (κ2) is 5.07. The van der Waals surface area contributed by atoms with E-state index in [1.54, 1.807) is 19.2 Å². The second-order valence-electron chi connectivity index (χ2n) is 4.99. The lowest BCUT2D eigenvalue weighted by molar-refractivity contribution is -0.0178. The second-order valence-corrected chi connectivity index (χ2v) is 5.40. The molecule has 2 aromatic rings. The minimum atomic E-state index is -0.428. The van der Waals surface area contributed by atoms with Gasteiger partial charge in [-0.05, 0) is 43.9 Å². The van der Waals surface area contributed by atoms with Crippen molar-refractivity contribution >= 4 is 11.6 Å². The maximum atomic E-state index is 9.43. The van der Waals surface area contributed by atoms with Crippen molar-refractivity contribution in [3.8, 4) is 17.2 Å². The van der Waals surface area contributed by atoms with Gasteiger partial charge in [0.15, 0.2) is 0 Å². The predicted octanol–water partition coefficient (Wildman–Crippen LogP) is 3.51.